The zero-order valence-electron chi connectivity index (χ0n) is 18.9. The second kappa shape index (κ2) is 10.1. The number of carboxylic acid groups (broad SMARTS) is 1. The molecule has 0 aliphatic carbocycles. The number of carbonyl (C=O) groups is 1. The van der Waals surface area contributed by atoms with Gasteiger partial charge in [-0.1, -0.05) is 18.2 Å². The van der Waals surface area contributed by atoms with Crippen molar-refractivity contribution in [1.82, 2.24) is 23.8 Å². The molecule has 0 aliphatic heterocycles. The molecule has 0 fully saturated rings. The molecule has 0 saturated heterocycles. The molecule has 0 amide bonds. The van der Waals surface area contributed by atoms with Crippen LogP contribution in [0.25, 0.3) is 11.2 Å². The van der Waals surface area contributed by atoms with Gasteiger partial charge in [-0.05, 0) is 42.8 Å². The smallest absolute Gasteiger partial charge is 0.330 e. The van der Waals surface area contributed by atoms with Gasteiger partial charge in [0, 0.05) is 26.0 Å². The minimum atomic E-state index is -4.23. The number of aromatic nitrogens is 4. The summed E-state index contributed by atoms with van der Waals surface area (Å²) in [4.78, 5) is 46.9. The summed E-state index contributed by atoms with van der Waals surface area (Å²) in [7, 11) is -3.10. The van der Waals surface area contributed by atoms with Gasteiger partial charge in [-0.15, -0.1) is 0 Å². The fraction of sp³-hybridized carbons (Fsp3) is 0.174. The molecule has 4 rings (SSSR count). The quantitative estimate of drug-likeness (QED) is 0.338. The minimum absolute atomic E-state index is 0.00192. The van der Waals surface area contributed by atoms with Crippen molar-refractivity contribution < 1.29 is 23.1 Å². The van der Waals surface area contributed by atoms with Crippen LogP contribution in [0, 0.1) is 0 Å². The number of hydrogen-bond acceptors (Lipinski definition) is 8. The molecule has 36 heavy (non-hydrogen) atoms. The van der Waals surface area contributed by atoms with Crippen LogP contribution >= 0.6 is 0 Å². The average Bonchev–Trinajstić information content (AvgIpc) is 2.86. The zero-order valence-corrected chi connectivity index (χ0v) is 19.8. The highest BCUT2D eigenvalue weighted by molar-refractivity contribution is 7.89. The first-order valence-electron chi connectivity index (χ1n) is 10.7. The monoisotopic (exact) mass is 511 g/mol. The summed E-state index contributed by atoms with van der Waals surface area (Å²) in [5, 5.41) is 9.73. The van der Waals surface area contributed by atoms with E-state index in [4.69, 9.17) is 4.74 Å². The van der Waals surface area contributed by atoms with E-state index < -0.39 is 33.3 Å². The highest BCUT2D eigenvalue weighted by Gasteiger charge is 2.33. The van der Waals surface area contributed by atoms with Gasteiger partial charge < -0.3 is 9.84 Å². The van der Waals surface area contributed by atoms with Gasteiger partial charge in [-0.2, -0.15) is 4.31 Å². The fourth-order valence-corrected chi connectivity index (χ4v) is 4.87. The molecule has 2 heterocycles. The van der Waals surface area contributed by atoms with E-state index in [0.717, 1.165) is 11.6 Å². The Hall–Kier alpha value is -4.36. The summed E-state index contributed by atoms with van der Waals surface area (Å²) in [6, 6.07) is 12.9. The van der Waals surface area contributed by atoms with Gasteiger partial charge in [0.05, 0.1) is 4.90 Å². The number of rotatable bonds is 9. The Balaban J connectivity index is 1.54. The second-order valence-corrected chi connectivity index (χ2v) is 9.69. The van der Waals surface area contributed by atoms with E-state index in [1.807, 2.05) is 6.07 Å². The first kappa shape index (κ1) is 24.8. The van der Waals surface area contributed by atoms with Crippen LogP contribution in [0.4, 0.5) is 0 Å². The van der Waals surface area contributed by atoms with E-state index in [-0.39, 0.29) is 29.0 Å². The zero-order chi connectivity index (χ0) is 25.9. The SMILES string of the molecule is CN(C(CCn1c(=O)[nH]c2nccnc2c1=O)C(=O)O)S(=O)(=O)c1ccc(Oc2ccccc2)cc1. The Morgan fingerprint density at radius 1 is 1.06 bits per heavy atom. The summed E-state index contributed by atoms with van der Waals surface area (Å²) in [6.45, 7) is -0.360. The molecule has 0 aliphatic rings. The maximum absolute atomic E-state index is 13.1. The third kappa shape index (κ3) is 5.01. The number of H-pyrrole nitrogens is 1. The maximum Gasteiger partial charge on any atom is 0.330 e. The van der Waals surface area contributed by atoms with Crippen LogP contribution in [0.15, 0.2) is 81.5 Å². The van der Waals surface area contributed by atoms with Crippen LogP contribution in [0.1, 0.15) is 6.42 Å². The lowest BCUT2D eigenvalue weighted by Crippen LogP contribution is -2.44. The third-order valence-corrected chi connectivity index (χ3v) is 7.33. The number of nitrogens with zero attached hydrogens (tertiary/aromatic N) is 4. The number of nitrogens with one attached hydrogen (secondary N) is 1. The van der Waals surface area contributed by atoms with E-state index in [2.05, 4.69) is 15.0 Å². The van der Waals surface area contributed by atoms with E-state index in [9.17, 15) is 27.9 Å². The van der Waals surface area contributed by atoms with Gasteiger partial charge in [-0.3, -0.25) is 19.1 Å². The van der Waals surface area contributed by atoms with E-state index in [1.54, 1.807) is 24.3 Å². The number of hydrogen-bond donors (Lipinski definition) is 2. The van der Waals surface area contributed by atoms with Crippen LogP contribution < -0.4 is 16.0 Å². The van der Waals surface area contributed by atoms with Crippen LogP contribution in [0.3, 0.4) is 0 Å². The standard InChI is InChI=1S/C23H21N5O7S/c1-27(36(33,34)17-9-7-16(8-10-17)35-15-5-3-2-4-6-15)18(22(30)31)11-14-28-21(29)19-20(26-23(28)32)25-13-12-24-19/h2-10,12-13,18H,11,14H2,1H3,(H,30,31)(H,25,26,32). The molecule has 2 N–H and O–H groups in total. The van der Waals surface area contributed by atoms with Gasteiger partial charge in [0.25, 0.3) is 5.56 Å². The molecule has 0 radical (unpaired) electrons. The number of fused-ring (bicyclic) bond motifs is 1. The predicted molar refractivity (Wildman–Crippen MR) is 128 cm³/mol. The summed E-state index contributed by atoms with van der Waals surface area (Å²) < 4.78 is 33.4. The van der Waals surface area contributed by atoms with Crippen LogP contribution in [-0.4, -0.2) is 56.4 Å². The highest BCUT2D eigenvalue weighted by atomic mass is 32.2. The third-order valence-electron chi connectivity index (χ3n) is 5.45. The van der Waals surface area contributed by atoms with E-state index >= 15 is 0 Å². The average molecular weight is 512 g/mol. The Labute approximate surface area is 204 Å². The molecule has 13 heteroatoms. The molecule has 0 spiro atoms. The number of likely N-dealkylation sites (N-methyl/N-ethyl adjacent to an activating group) is 1. The number of para-hydroxylation sites is 1. The molecular formula is C23H21N5O7S. The number of carboxylic acids is 1. The Morgan fingerprint density at radius 2 is 1.69 bits per heavy atom. The summed E-state index contributed by atoms with van der Waals surface area (Å²) >= 11 is 0. The molecule has 1 atom stereocenters. The van der Waals surface area contributed by atoms with Gasteiger partial charge in [0.2, 0.25) is 10.0 Å². The lowest BCUT2D eigenvalue weighted by molar-refractivity contribution is -0.141. The lowest BCUT2D eigenvalue weighted by atomic mass is 10.2. The molecule has 0 bridgehead atoms. The Kier molecular flexibility index (Phi) is 6.94. The van der Waals surface area contributed by atoms with Gasteiger partial charge in [0.1, 0.15) is 17.5 Å². The lowest BCUT2D eigenvalue weighted by Gasteiger charge is -2.24. The van der Waals surface area contributed by atoms with Gasteiger partial charge in [0.15, 0.2) is 11.2 Å². The van der Waals surface area contributed by atoms with Gasteiger partial charge in [-0.25, -0.2) is 23.2 Å². The molecule has 12 nitrogen and oxygen atoms in total. The predicted octanol–water partition coefficient (Wildman–Crippen LogP) is 1.44. The van der Waals surface area contributed by atoms with Crippen molar-refractivity contribution in [3.05, 3.63) is 87.8 Å². The Morgan fingerprint density at radius 3 is 2.36 bits per heavy atom. The van der Waals surface area contributed by atoms with Crippen molar-refractivity contribution in [3.8, 4) is 11.5 Å². The van der Waals surface area contributed by atoms with Crippen LogP contribution in [0.5, 0.6) is 11.5 Å². The van der Waals surface area contributed by atoms with Crippen molar-refractivity contribution in [3.63, 3.8) is 0 Å². The maximum atomic E-state index is 13.1. The van der Waals surface area contributed by atoms with Crippen molar-refractivity contribution in [2.75, 3.05) is 7.05 Å². The molecule has 4 aromatic rings. The highest BCUT2D eigenvalue weighted by Crippen LogP contribution is 2.25. The molecule has 186 valence electrons. The summed E-state index contributed by atoms with van der Waals surface area (Å²) in [6.07, 6.45) is 2.24. The minimum Gasteiger partial charge on any atom is -0.480 e. The molecular weight excluding hydrogens is 490 g/mol. The van der Waals surface area contributed by atoms with Crippen molar-refractivity contribution in [1.29, 1.82) is 0 Å². The fourth-order valence-electron chi connectivity index (χ4n) is 3.53. The largest absolute Gasteiger partial charge is 0.480 e. The molecule has 2 aromatic carbocycles. The van der Waals surface area contributed by atoms with E-state index in [1.165, 1.54) is 36.7 Å². The van der Waals surface area contributed by atoms with Gasteiger partial charge >= 0.3 is 11.7 Å². The number of aromatic amines is 1. The van der Waals surface area contributed by atoms with E-state index in [0.29, 0.717) is 15.8 Å². The van der Waals surface area contributed by atoms with Crippen molar-refractivity contribution in [2.45, 2.75) is 23.9 Å². The second-order valence-electron chi connectivity index (χ2n) is 7.69. The van der Waals surface area contributed by atoms with Crippen molar-refractivity contribution >= 4 is 27.2 Å². The summed E-state index contributed by atoms with van der Waals surface area (Å²) in [5.41, 5.74) is -1.66. The number of aliphatic carboxylic acids is 1. The normalized spacial score (nSPS) is 12.5. The first-order chi connectivity index (χ1) is 17.2. The summed E-state index contributed by atoms with van der Waals surface area (Å²) in [5.74, 6) is -0.466. The number of ether oxygens (including phenoxy) is 1. The first-order valence-corrected chi connectivity index (χ1v) is 12.1. The topological polar surface area (TPSA) is 165 Å². The van der Waals surface area contributed by atoms with Crippen molar-refractivity contribution in [2.24, 2.45) is 0 Å². The number of benzene rings is 2. The molecule has 1 unspecified atom stereocenters. The van der Waals surface area contributed by atoms with Crippen LogP contribution in [-0.2, 0) is 21.4 Å². The Bertz CT molecular complexity index is 1620. The number of sulfonamides is 1. The van der Waals surface area contributed by atoms with Crippen LogP contribution in [0.2, 0.25) is 0 Å². The molecule has 0 saturated carbocycles. The molecule has 2 aromatic heterocycles.